The molecule has 1 aliphatic rings. The number of rotatable bonds is 9. The third-order valence-electron chi connectivity index (χ3n) is 8.44. The Bertz CT molecular complexity index is 1720. The van der Waals surface area contributed by atoms with E-state index in [1.807, 2.05) is 18.2 Å². The molecule has 1 aliphatic carbocycles. The van der Waals surface area contributed by atoms with Gasteiger partial charge in [0.15, 0.2) is 0 Å². The van der Waals surface area contributed by atoms with Crippen LogP contribution in [0.5, 0.6) is 5.75 Å². The molecule has 0 spiro atoms. The summed E-state index contributed by atoms with van der Waals surface area (Å²) in [5.41, 5.74) is 6.31. The lowest BCUT2D eigenvalue weighted by Crippen LogP contribution is -2.33. The number of halogens is 3. The number of amides is 1. The number of benzene rings is 1. The van der Waals surface area contributed by atoms with Crippen molar-refractivity contribution >= 4 is 29.0 Å². The van der Waals surface area contributed by atoms with E-state index in [1.165, 1.54) is 12.1 Å². The number of anilines is 2. The molecule has 13 heteroatoms. The van der Waals surface area contributed by atoms with Crippen molar-refractivity contribution in [2.45, 2.75) is 52.6 Å². The molecule has 0 aliphatic heterocycles. The number of pyridine rings is 1. The number of nitrogens with one attached hydrogen (secondary N) is 1. The molecule has 2 atom stereocenters. The highest BCUT2D eigenvalue weighted by molar-refractivity contribution is 6.04. The van der Waals surface area contributed by atoms with Crippen molar-refractivity contribution in [3.05, 3.63) is 65.9 Å². The largest absolute Gasteiger partial charge is 0.493 e. The smallest absolute Gasteiger partial charge is 0.416 e. The fourth-order valence-electron chi connectivity index (χ4n) is 6.03. The number of carbonyl (C=O) groups excluding carboxylic acids is 1. The van der Waals surface area contributed by atoms with Crippen molar-refractivity contribution in [3.8, 4) is 17.0 Å². The van der Waals surface area contributed by atoms with Gasteiger partial charge in [0, 0.05) is 36.1 Å². The lowest BCUT2D eigenvalue weighted by atomic mass is 9.75. The standard InChI is InChI=1S/C31H33F3N6O4/c1-4-44-22-14-19(28(41)38-23-15-20(8-10-36-23)31(32,33)34)5-6-21(22)25-26-27(35)37-11-12-40(26)24(39-25)13-18-7-9-30(16-18,17(2)3)29(42)43/h5-6,8,10-12,14-15,17-18H,4,7,9,13,16H2,1-3H3,(H2,35,37)(H,42,43)(H,36,38,41)/t18-,30-/m1/s1. The van der Waals surface area contributed by atoms with Crippen LogP contribution in [0.2, 0.25) is 0 Å². The van der Waals surface area contributed by atoms with Crippen molar-refractivity contribution in [3.63, 3.8) is 0 Å². The molecule has 1 amide bonds. The van der Waals surface area contributed by atoms with Gasteiger partial charge in [-0.3, -0.25) is 14.0 Å². The van der Waals surface area contributed by atoms with Gasteiger partial charge in [0.1, 0.15) is 34.4 Å². The van der Waals surface area contributed by atoms with Crippen molar-refractivity contribution < 1.29 is 32.6 Å². The van der Waals surface area contributed by atoms with Gasteiger partial charge >= 0.3 is 12.1 Å². The summed E-state index contributed by atoms with van der Waals surface area (Å²) in [6, 6.07) is 6.22. The molecule has 1 fully saturated rings. The van der Waals surface area contributed by atoms with Crippen LogP contribution in [0.3, 0.4) is 0 Å². The molecule has 0 radical (unpaired) electrons. The van der Waals surface area contributed by atoms with Crippen molar-refractivity contribution in [1.29, 1.82) is 0 Å². The van der Waals surface area contributed by atoms with Crippen LogP contribution in [0.4, 0.5) is 24.8 Å². The predicted octanol–water partition coefficient (Wildman–Crippen LogP) is 6.11. The Hall–Kier alpha value is -4.68. The minimum atomic E-state index is -4.58. The fraction of sp³-hybridized carbons (Fsp3) is 0.387. The number of ether oxygens (including phenoxy) is 1. The topological polar surface area (TPSA) is 145 Å². The quantitative estimate of drug-likeness (QED) is 0.206. The molecule has 3 heterocycles. The highest BCUT2D eigenvalue weighted by atomic mass is 19.4. The van der Waals surface area contributed by atoms with Gasteiger partial charge in [-0.05, 0) is 68.4 Å². The summed E-state index contributed by atoms with van der Waals surface area (Å²) < 4.78 is 47.1. The Morgan fingerprint density at radius 1 is 1.20 bits per heavy atom. The van der Waals surface area contributed by atoms with Crippen LogP contribution in [0.25, 0.3) is 16.8 Å². The van der Waals surface area contributed by atoms with Gasteiger partial charge in [0.25, 0.3) is 5.91 Å². The Kier molecular flexibility index (Phi) is 8.23. The SMILES string of the molecule is CCOc1cc(C(=O)Nc2cc(C(F)(F)F)ccn2)ccc1-c1nc(C[C@H]2CC[C@](C(=O)O)(C(C)C)C2)n2ccnc(N)c12. The fourth-order valence-corrected chi connectivity index (χ4v) is 6.03. The van der Waals surface area contributed by atoms with E-state index in [0.717, 1.165) is 24.8 Å². The summed E-state index contributed by atoms with van der Waals surface area (Å²) in [5, 5.41) is 12.4. The van der Waals surface area contributed by atoms with E-state index in [-0.39, 0.29) is 35.6 Å². The first-order valence-electron chi connectivity index (χ1n) is 14.3. The summed E-state index contributed by atoms with van der Waals surface area (Å²) >= 11 is 0. The van der Waals surface area contributed by atoms with Gasteiger partial charge in [-0.1, -0.05) is 13.8 Å². The van der Waals surface area contributed by atoms with Gasteiger partial charge in [-0.15, -0.1) is 0 Å². The zero-order valence-electron chi connectivity index (χ0n) is 24.5. The predicted molar refractivity (Wildman–Crippen MR) is 157 cm³/mol. The number of hydrogen-bond acceptors (Lipinski definition) is 7. The second kappa shape index (κ2) is 11.8. The summed E-state index contributed by atoms with van der Waals surface area (Å²) in [6.07, 6.45) is 2.14. The number of carboxylic acids is 1. The van der Waals surface area contributed by atoms with Crippen molar-refractivity contribution in [2.24, 2.45) is 17.3 Å². The first-order chi connectivity index (χ1) is 20.8. The van der Waals surface area contributed by atoms with Crippen LogP contribution < -0.4 is 15.8 Å². The van der Waals surface area contributed by atoms with E-state index in [0.29, 0.717) is 47.6 Å². The number of aromatic nitrogens is 4. The third kappa shape index (κ3) is 5.78. The molecule has 4 aromatic rings. The Balaban J connectivity index is 1.48. The normalized spacial score (nSPS) is 18.6. The van der Waals surface area contributed by atoms with Crippen molar-refractivity contribution in [2.75, 3.05) is 17.7 Å². The molecule has 10 nitrogen and oxygen atoms in total. The zero-order valence-corrected chi connectivity index (χ0v) is 24.5. The van der Waals surface area contributed by atoms with Crippen LogP contribution in [0.15, 0.2) is 48.9 Å². The van der Waals surface area contributed by atoms with Gasteiger partial charge < -0.3 is 20.9 Å². The maximum absolute atomic E-state index is 13.1. The number of aliphatic carboxylic acids is 1. The van der Waals surface area contributed by atoms with E-state index in [4.69, 9.17) is 15.5 Å². The number of nitrogens with two attached hydrogens (primary N) is 1. The molecule has 3 aromatic heterocycles. The highest BCUT2D eigenvalue weighted by Crippen LogP contribution is 2.48. The Labute approximate surface area is 251 Å². The minimum Gasteiger partial charge on any atom is -0.493 e. The number of alkyl halides is 3. The molecule has 1 saturated carbocycles. The molecule has 0 unspecified atom stereocenters. The van der Waals surface area contributed by atoms with Crippen LogP contribution in [-0.2, 0) is 17.4 Å². The molecular weight excluding hydrogens is 577 g/mol. The highest BCUT2D eigenvalue weighted by Gasteiger charge is 2.47. The van der Waals surface area contributed by atoms with Gasteiger partial charge in [-0.25, -0.2) is 15.0 Å². The van der Waals surface area contributed by atoms with Gasteiger partial charge in [-0.2, -0.15) is 13.2 Å². The number of imidazole rings is 1. The molecule has 0 bridgehead atoms. The molecule has 232 valence electrons. The molecular formula is C31H33F3N6O4. The summed E-state index contributed by atoms with van der Waals surface area (Å²) in [4.78, 5) is 38.2. The number of carbonyl (C=O) groups is 2. The minimum absolute atomic E-state index is 0.00810. The van der Waals surface area contributed by atoms with Crippen LogP contribution in [-0.4, -0.2) is 42.9 Å². The second-order valence-corrected chi connectivity index (χ2v) is 11.4. The second-order valence-electron chi connectivity index (χ2n) is 11.4. The van der Waals surface area contributed by atoms with Gasteiger partial charge in [0.05, 0.1) is 17.6 Å². The number of hydrogen-bond donors (Lipinski definition) is 3. The molecule has 44 heavy (non-hydrogen) atoms. The first kappa shape index (κ1) is 30.8. The first-order valence-corrected chi connectivity index (χ1v) is 14.3. The molecule has 0 saturated heterocycles. The number of nitrogen functional groups attached to an aromatic ring is 1. The number of carboxylic acid groups (broad SMARTS) is 1. The summed E-state index contributed by atoms with van der Waals surface area (Å²) in [7, 11) is 0. The molecule has 5 rings (SSSR count). The maximum Gasteiger partial charge on any atom is 0.416 e. The van der Waals surface area contributed by atoms with Gasteiger partial charge in [0.2, 0.25) is 0 Å². The average Bonchev–Trinajstić information content (AvgIpc) is 3.57. The summed E-state index contributed by atoms with van der Waals surface area (Å²) in [6.45, 7) is 5.93. The van der Waals surface area contributed by atoms with E-state index < -0.39 is 29.0 Å². The van der Waals surface area contributed by atoms with E-state index >= 15 is 0 Å². The third-order valence-corrected chi connectivity index (χ3v) is 8.44. The van der Waals surface area contributed by atoms with Crippen LogP contribution >= 0.6 is 0 Å². The Morgan fingerprint density at radius 2 is 1.98 bits per heavy atom. The number of fused-ring (bicyclic) bond motifs is 1. The Morgan fingerprint density at radius 3 is 2.64 bits per heavy atom. The molecule has 1 aromatic carbocycles. The van der Waals surface area contributed by atoms with Crippen LogP contribution in [0, 0.1) is 17.3 Å². The number of nitrogens with zero attached hydrogens (tertiary/aromatic N) is 4. The average molecular weight is 611 g/mol. The summed E-state index contributed by atoms with van der Waals surface area (Å²) in [5.74, 6) is -0.354. The van der Waals surface area contributed by atoms with Crippen molar-refractivity contribution in [1.82, 2.24) is 19.4 Å². The zero-order chi connectivity index (χ0) is 31.8. The van der Waals surface area contributed by atoms with E-state index in [1.54, 1.807) is 25.4 Å². The lowest BCUT2D eigenvalue weighted by molar-refractivity contribution is -0.151. The van der Waals surface area contributed by atoms with E-state index in [2.05, 4.69) is 15.3 Å². The van der Waals surface area contributed by atoms with Crippen LogP contribution in [0.1, 0.15) is 61.8 Å². The maximum atomic E-state index is 13.1. The van der Waals surface area contributed by atoms with E-state index in [9.17, 15) is 27.9 Å². The monoisotopic (exact) mass is 610 g/mol. The lowest BCUT2D eigenvalue weighted by Gasteiger charge is -2.28. The molecule has 4 N–H and O–H groups in total.